The highest BCUT2D eigenvalue weighted by Crippen LogP contribution is 2.05. The molecule has 0 aromatic heterocycles. The van der Waals surface area contributed by atoms with Crippen LogP contribution in [0.5, 0.6) is 0 Å². The zero-order chi connectivity index (χ0) is 6.57. The summed E-state index contributed by atoms with van der Waals surface area (Å²) in [6, 6.07) is 0. The monoisotopic (exact) mass is 130 g/mol. The number of thioether (sulfide) groups is 1. The van der Waals surface area contributed by atoms with Gasteiger partial charge in [0, 0.05) is 0 Å². The fraction of sp³-hybridized carbons (Fsp3) is 0.600. The van der Waals surface area contributed by atoms with Gasteiger partial charge in [-0.2, -0.15) is 0 Å². The second kappa shape index (κ2) is 3.66. The Bertz CT molecular complexity index is 109. The van der Waals surface area contributed by atoms with Crippen molar-refractivity contribution >= 4 is 21.8 Å². The van der Waals surface area contributed by atoms with E-state index in [1.165, 1.54) is 11.8 Å². The predicted molar refractivity (Wildman–Crippen MR) is 39.0 cm³/mol. The summed E-state index contributed by atoms with van der Waals surface area (Å²) in [5, 5.41) is 15.1. The van der Waals surface area contributed by atoms with Crippen molar-refractivity contribution in [3.63, 3.8) is 0 Å². The molecule has 0 radical (unpaired) electrons. The van der Waals surface area contributed by atoms with Crippen LogP contribution in [0.3, 0.4) is 0 Å². The van der Waals surface area contributed by atoms with Gasteiger partial charge in [0.25, 0.3) is 0 Å². The Balaban J connectivity index is 3.40. The minimum absolute atomic E-state index is 0.497. The van der Waals surface area contributed by atoms with Crippen LogP contribution in [0.15, 0.2) is 0 Å². The van der Waals surface area contributed by atoms with E-state index in [1.807, 2.05) is 6.92 Å². The number of hydrogen-bond acceptors (Lipinski definition) is 3. The Kier molecular flexibility index (Phi) is 3.52. The number of hydrogen-bond donors (Lipinski definition) is 2. The van der Waals surface area contributed by atoms with Gasteiger partial charge in [0.2, 0.25) is 0 Å². The molecule has 8 heavy (non-hydrogen) atoms. The molecular weight excluding hydrogens is 120 g/mol. The summed E-state index contributed by atoms with van der Waals surface area (Å²) in [5.41, 5.74) is 0. The molecule has 0 heterocycles. The van der Waals surface area contributed by atoms with Crippen molar-refractivity contribution in [3.8, 4) is 0 Å². The maximum atomic E-state index is 7.09. The van der Waals surface area contributed by atoms with Crippen molar-refractivity contribution in [2.24, 2.45) is 0 Å². The molecule has 3 heteroatoms. The lowest BCUT2D eigenvalue weighted by molar-refractivity contribution is 1.28. The van der Waals surface area contributed by atoms with Crippen LogP contribution in [0.2, 0.25) is 0 Å². The minimum Gasteiger partial charge on any atom is -0.298 e. The Hall–Kier alpha value is -0.310. The summed E-state index contributed by atoms with van der Waals surface area (Å²) >= 11 is 1.22. The fourth-order valence-electron chi connectivity index (χ4n) is 0.257. The molecule has 0 amide bonds. The molecule has 0 atom stereocenters. The molecule has 0 spiro atoms. The van der Waals surface area contributed by atoms with E-state index < -0.39 is 0 Å². The van der Waals surface area contributed by atoms with Gasteiger partial charge in [-0.25, -0.2) is 0 Å². The summed E-state index contributed by atoms with van der Waals surface area (Å²) in [6.07, 6.45) is 0.737. The molecule has 2 N–H and O–H groups in total. The predicted octanol–water partition coefficient (Wildman–Crippen LogP) is 2.10. The van der Waals surface area contributed by atoms with Gasteiger partial charge in [0.05, 0.1) is 10.1 Å². The van der Waals surface area contributed by atoms with Crippen LogP contribution in [-0.4, -0.2) is 10.1 Å². The maximum absolute atomic E-state index is 7.09. The van der Waals surface area contributed by atoms with Gasteiger partial charge >= 0.3 is 0 Å². The van der Waals surface area contributed by atoms with E-state index in [9.17, 15) is 0 Å². The Morgan fingerprint density at radius 3 is 2.12 bits per heavy atom. The van der Waals surface area contributed by atoms with E-state index in [0.717, 1.165) is 6.42 Å². The molecular formula is C5H10N2S. The zero-order valence-corrected chi connectivity index (χ0v) is 5.93. The van der Waals surface area contributed by atoms with E-state index in [1.54, 1.807) is 6.92 Å². The Morgan fingerprint density at radius 1 is 1.50 bits per heavy atom. The Labute approximate surface area is 53.7 Å². The lowest BCUT2D eigenvalue weighted by Crippen LogP contribution is -1.89. The smallest absolute Gasteiger partial charge is 0.0697 e. The highest BCUT2D eigenvalue weighted by molar-refractivity contribution is 8.26. The molecule has 0 saturated carbocycles. The molecule has 46 valence electrons. The van der Waals surface area contributed by atoms with Gasteiger partial charge in [-0.3, -0.25) is 10.8 Å². The molecule has 0 saturated heterocycles. The average molecular weight is 130 g/mol. The fourth-order valence-corrected chi connectivity index (χ4v) is 0.771. The van der Waals surface area contributed by atoms with E-state index in [0.29, 0.717) is 10.1 Å². The first-order valence-electron chi connectivity index (χ1n) is 2.47. The third-order valence-corrected chi connectivity index (χ3v) is 1.44. The maximum Gasteiger partial charge on any atom is 0.0697 e. The van der Waals surface area contributed by atoms with Gasteiger partial charge in [-0.1, -0.05) is 18.7 Å². The van der Waals surface area contributed by atoms with Crippen molar-refractivity contribution in [1.82, 2.24) is 0 Å². The van der Waals surface area contributed by atoms with Crippen LogP contribution in [0, 0.1) is 10.8 Å². The highest BCUT2D eigenvalue weighted by Gasteiger charge is 1.92. The first-order chi connectivity index (χ1) is 3.66. The molecule has 0 aliphatic heterocycles. The minimum atomic E-state index is 0.497. The lowest BCUT2D eigenvalue weighted by Gasteiger charge is -1.93. The van der Waals surface area contributed by atoms with Crippen molar-refractivity contribution in [2.45, 2.75) is 20.3 Å². The van der Waals surface area contributed by atoms with Crippen molar-refractivity contribution in [2.75, 3.05) is 0 Å². The van der Waals surface area contributed by atoms with E-state index in [4.69, 9.17) is 10.8 Å². The highest BCUT2D eigenvalue weighted by atomic mass is 32.2. The van der Waals surface area contributed by atoms with Crippen LogP contribution in [0.1, 0.15) is 20.3 Å². The second-order valence-electron chi connectivity index (χ2n) is 1.43. The molecule has 0 aliphatic rings. The average Bonchev–Trinajstić information content (AvgIpc) is 1.65. The van der Waals surface area contributed by atoms with Crippen LogP contribution >= 0.6 is 11.8 Å². The molecule has 0 aliphatic carbocycles. The first-order valence-corrected chi connectivity index (χ1v) is 3.29. The molecule has 0 bridgehead atoms. The summed E-state index contributed by atoms with van der Waals surface area (Å²) in [4.78, 5) is 0. The molecule has 0 unspecified atom stereocenters. The zero-order valence-electron chi connectivity index (χ0n) is 5.12. The van der Waals surface area contributed by atoms with Crippen molar-refractivity contribution < 1.29 is 0 Å². The van der Waals surface area contributed by atoms with Gasteiger partial charge in [-0.05, 0) is 13.3 Å². The Morgan fingerprint density at radius 2 is 2.00 bits per heavy atom. The van der Waals surface area contributed by atoms with Crippen LogP contribution in [-0.2, 0) is 0 Å². The normalized spacial score (nSPS) is 8.75. The summed E-state index contributed by atoms with van der Waals surface area (Å²) in [7, 11) is 0. The third kappa shape index (κ3) is 3.87. The van der Waals surface area contributed by atoms with E-state index >= 15 is 0 Å². The van der Waals surface area contributed by atoms with Gasteiger partial charge < -0.3 is 0 Å². The van der Waals surface area contributed by atoms with Gasteiger partial charge in [0.15, 0.2) is 0 Å². The van der Waals surface area contributed by atoms with Gasteiger partial charge in [0.1, 0.15) is 0 Å². The standard InChI is InChI=1S/C5H10N2S/c1-3-5(7)8-4(2)6/h6-7H,3H2,1-2H3. The van der Waals surface area contributed by atoms with E-state index in [-0.39, 0.29) is 0 Å². The van der Waals surface area contributed by atoms with Crippen LogP contribution < -0.4 is 0 Å². The van der Waals surface area contributed by atoms with Gasteiger partial charge in [-0.15, -0.1) is 0 Å². The molecule has 0 fully saturated rings. The largest absolute Gasteiger partial charge is 0.298 e. The second-order valence-corrected chi connectivity index (χ2v) is 2.74. The summed E-state index contributed by atoms with van der Waals surface area (Å²) < 4.78 is 0. The number of nitrogens with one attached hydrogen (secondary N) is 2. The van der Waals surface area contributed by atoms with Crippen LogP contribution in [0.25, 0.3) is 0 Å². The van der Waals surface area contributed by atoms with Crippen LogP contribution in [0.4, 0.5) is 0 Å². The van der Waals surface area contributed by atoms with Crippen molar-refractivity contribution in [1.29, 1.82) is 10.8 Å². The topological polar surface area (TPSA) is 47.7 Å². The number of rotatable bonds is 1. The molecule has 0 aromatic rings. The van der Waals surface area contributed by atoms with E-state index in [2.05, 4.69) is 0 Å². The molecule has 2 nitrogen and oxygen atoms in total. The summed E-state index contributed by atoms with van der Waals surface area (Å²) in [6.45, 7) is 3.60. The SMILES string of the molecule is CCC(=N)SC(C)=N. The third-order valence-electron chi connectivity index (χ3n) is 0.597. The quantitative estimate of drug-likeness (QED) is 0.414. The lowest BCUT2D eigenvalue weighted by atomic mass is 10.5. The molecule has 0 rings (SSSR count). The van der Waals surface area contributed by atoms with Crippen molar-refractivity contribution in [3.05, 3.63) is 0 Å². The molecule has 0 aromatic carbocycles. The summed E-state index contributed by atoms with van der Waals surface area (Å²) in [5.74, 6) is 0. The first kappa shape index (κ1) is 7.69.